The van der Waals surface area contributed by atoms with Gasteiger partial charge in [-0.05, 0) is 47.6 Å². The van der Waals surface area contributed by atoms with Gasteiger partial charge in [-0.2, -0.15) is 0 Å². The minimum absolute atomic E-state index is 0.277. The number of carbonyl (C=O) groups is 4. The Balaban J connectivity index is 2.10. The minimum Gasteiger partial charge on any atom is -0.463 e. The third-order valence-electron chi connectivity index (χ3n) is 6.50. The van der Waals surface area contributed by atoms with Crippen LogP contribution in [0.5, 0.6) is 0 Å². The highest BCUT2D eigenvalue weighted by Crippen LogP contribution is 2.39. The molecule has 216 valence electrons. The van der Waals surface area contributed by atoms with Crippen LogP contribution in [0.4, 0.5) is 0 Å². The van der Waals surface area contributed by atoms with Gasteiger partial charge in [-0.15, -0.1) is 0 Å². The highest BCUT2D eigenvalue weighted by Gasteiger charge is 2.52. The molecule has 0 amide bonds. The van der Waals surface area contributed by atoms with E-state index in [1.807, 2.05) is 19.1 Å². The molecule has 1 saturated heterocycles. The van der Waals surface area contributed by atoms with Gasteiger partial charge in [0.05, 0.1) is 0 Å². The standard InChI is InChI=1S/C30H35BrO9/c1-7-21-8-10-22(11-9-21)13-23-14-24(12-16(2)26(23)31)27-29(38-19(5)34)30(39-20(6)35)28(37-18(4)33)25(40-27)15-36-17(3)32/h8-12,14,25,27-30H,7,13,15H2,1-6H3/t25?,27-,28+,29-,30-/m0/s1. The second-order valence-electron chi connectivity index (χ2n) is 9.78. The second-order valence-corrected chi connectivity index (χ2v) is 10.6. The normalized spacial score (nSPS) is 22.2. The van der Waals surface area contributed by atoms with Crippen molar-refractivity contribution in [3.63, 3.8) is 0 Å². The predicted octanol–water partition coefficient (Wildman–Crippen LogP) is 4.71. The lowest BCUT2D eigenvalue weighted by Crippen LogP contribution is -2.59. The highest BCUT2D eigenvalue weighted by molar-refractivity contribution is 9.10. The van der Waals surface area contributed by atoms with Crippen molar-refractivity contribution >= 4 is 39.8 Å². The van der Waals surface area contributed by atoms with Crippen molar-refractivity contribution in [1.82, 2.24) is 0 Å². The average Bonchev–Trinajstić information content (AvgIpc) is 2.87. The van der Waals surface area contributed by atoms with Crippen LogP contribution in [0.1, 0.15) is 68.5 Å². The van der Waals surface area contributed by atoms with Crippen molar-refractivity contribution in [3.05, 3.63) is 68.7 Å². The highest BCUT2D eigenvalue weighted by atomic mass is 79.9. The molecule has 1 heterocycles. The van der Waals surface area contributed by atoms with Gasteiger partial charge in [-0.25, -0.2) is 0 Å². The van der Waals surface area contributed by atoms with Crippen molar-refractivity contribution in [3.8, 4) is 0 Å². The number of ether oxygens (including phenoxy) is 5. The fourth-order valence-electron chi connectivity index (χ4n) is 4.78. The van der Waals surface area contributed by atoms with Crippen LogP contribution < -0.4 is 0 Å². The lowest BCUT2D eigenvalue weighted by molar-refractivity contribution is -0.254. The third-order valence-corrected chi connectivity index (χ3v) is 7.63. The zero-order chi connectivity index (χ0) is 29.6. The van der Waals surface area contributed by atoms with Gasteiger partial charge in [-0.1, -0.05) is 59.3 Å². The molecule has 2 aromatic rings. The second kappa shape index (κ2) is 13.9. The van der Waals surface area contributed by atoms with E-state index in [1.54, 1.807) is 0 Å². The molecule has 5 atom stereocenters. The molecule has 3 rings (SSSR count). The van der Waals surface area contributed by atoms with E-state index < -0.39 is 54.4 Å². The van der Waals surface area contributed by atoms with Crippen LogP contribution in [0.2, 0.25) is 0 Å². The van der Waals surface area contributed by atoms with E-state index in [-0.39, 0.29) is 6.61 Å². The van der Waals surface area contributed by atoms with Crippen molar-refractivity contribution in [2.45, 2.75) is 84.9 Å². The fourth-order valence-corrected chi connectivity index (χ4v) is 5.14. The van der Waals surface area contributed by atoms with E-state index in [9.17, 15) is 19.2 Å². The molecule has 0 spiro atoms. The summed E-state index contributed by atoms with van der Waals surface area (Å²) in [5.41, 5.74) is 4.87. The average molecular weight is 620 g/mol. The summed E-state index contributed by atoms with van der Waals surface area (Å²) in [7, 11) is 0. The van der Waals surface area contributed by atoms with Crippen molar-refractivity contribution in [2.75, 3.05) is 6.61 Å². The Bertz CT molecular complexity index is 1240. The molecular formula is C30H35BrO9. The van der Waals surface area contributed by atoms with Crippen LogP contribution in [0, 0.1) is 6.92 Å². The maximum absolute atomic E-state index is 12.2. The monoisotopic (exact) mass is 618 g/mol. The molecule has 0 saturated carbocycles. The van der Waals surface area contributed by atoms with E-state index in [0.29, 0.717) is 12.0 Å². The summed E-state index contributed by atoms with van der Waals surface area (Å²) in [4.78, 5) is 48.0. The number of hydrogen-bond donors (Lipinski definition) is 0. The van der Waals surface area contributed by atoms with Crippen LogP contribution in [0.25, 0.3) is 0 Å². The molecule has 2 aromatic carbocycles. The van der Waals surface area contributed by atoms with Crippen LogP contribution in [-0.2, 0) is 55.7 Å². The fraction of sp³-hybridized carbons (Fsp3) is 0.467. The Labute approximate surface area is 242 Å². The Morgan fingerprint density at radius 2 is 1.35 bits per heavy atom. The molecule has 0 radical (unpaired) electrons. The quantitative estimate of drug-likeness (QED) is 0.291. The van der Waals surface area contributed by atoms with E-state index >= 15 is 0 Å². The zero-order valence-electron chi connectivity index (χ0n) is 23.5. The maximum Gasteiger partial charge on any atom is 0.303 e. The predicted molar refractivity (Wildman–Crippen MR) is 148 cm³/mol. The third kappa shape index (κ3) is 8.14. The molecule has 9 nitrogen and oxygen atoms in total. The molecule has 0 bridgehead atoms. The van der Waals surface area contributed by atoms with Crippen LogP contribution in [0.15, 0.2) is 40.9 Å². The number of aryl methyl sites for hydroxylation is 2. The summed E-state index contributed by atoms with van der Waals surface area (Å²) in [6.07, 6.45) is -3.97. The Morgan fingerprint density at radius 3 is 1.90 bits per heavy atom. The Kier molecular flexibility index (Phi) is 10.9. The summed E-state index contributed by atoms with van der Waals surface area (Å²) in [5.74, 6) is -2.55. The largest absolute Gasteiger partial charge is 0.463 e. The van der Waals surface area contributed by atoms with Crippen LogP contribution >= 0.6 is 15.9 Å². The van der Waals surface area contributed by atoms with Gasteiger partial charge in [0.2, 0.25) is 0 Å². The number of rotatable bonds is 9. The molecule has 0 aliphatic carbocycles. The van der Waals surface area contributed by atoms with Gasteiger partial charge in [0.1, 0.15) is 18.8 Å². The molecule has 1 aliphatic heterocycles. The van der Waals surface area contributed by atoms with E-state index in [2.05, 4.69) is 47.1 Å². The van der Waals surface area contributed by atoms with Gasteiger partial charge in [0.15, 0.2) is 18.3 Å². The SMILES string of the molecule is CCc1ccc(Cc2cc([C@@H]3OC(COC(C)=O)[C@@H](OC(C)=O)[C@H](OC(C)=O)[C@H]3OC(C)=O)cc(C)c2Br)cc1. The number of halogens is 1. The minimum atomic E-state index is -1.22. The van der Waals surface area contributed by atoms with Gasteiger partial charge in [0, 0.05) is 32.2 Å². The Morgan fingerprint density at radius 1 is 0.800 bits per heavy atom. The molecule has 10 heteroatoms. The van der Waals surface area contributed by atoms with Crippen LogP contribution in [-0.4, -0.2) is 54.9 Å². The summed E-state index contributed by atoms with van der Waals surface area (Å²) in [6, 6.07) is 12.2. The first-order chi connectivity index (χ1) is 18.9. The number of benzene rings is 2. The number of esters is 4. The first-order valence-electron chi connectivity index (χ1n) is 13.1. The summed E-state index contributed by atoms with van der Waals surface area (Å²) in [5, 5.41) is 0. The molecule has 1 aliphatic rings. The molecule has 1 fully saturated rings. The van der Waals surface area contributed by atoms with Crippen molar-refractivity contribution < 1.29 is 42.9 Å². The van der Waals surface area contributed by atoms with E-state index in [1.165, 1.54) is 33.3 Å². The number of hydrogen-bond acceptors (Lipinski definition) is 9. The first-order valence-corrected chi connectivity index (χ1v) is 13.9. The Hall–Kier alpha value is -3.24. The summed E-state index contributed by atoms with van der Waals surface area (Å²) >= 11 is 3.70. The lowest BCUT2D eigenvalue weighted by atomic mass is 9.88. The summed E-state index contributed by atoms with van der Waals surface area (Å²) < 4.78 is 29.2. The molecule has 1 unspecified atom stereocenters. The maximum atomic E-state index is 12.2. The smallest absolute Gasteiger partial charge is 0.303 e. The summed E-state index contributed by atoms with van der Waals surface area (Å²) in [6.45, 7) is 8.62. The van der Waals surface area contributed by atoms with Gasteiger partial charge in [-0.3, -0.25) is 19.2 Å². The topological polar surface area (TPSA) is 114 Å². The van der Waals surface area contributed by atoms with Gasteiger partial charge >= 0.3 is 23.9 Å². The number of carbonyl (C=O) groups excluding carboxylic acids is 4. The van der Waals surface area contributed by atoms with Gasteiger partial charge in [0.25, 0.3) is 0 Å². The molecule has 0 N–H and O–H groups in total. The van der Waals surface area contributed by atoms with Gasteiger partial charge < -0.3 is 23.7 Å². The van der Waals surface area contributed by atoms with Crippen LogP contribution in [0.3, 0.4) is 0 Å². The zero-order valence-corrected chi connectivity index (χ0v) is 25.1. The van der Waals surface area contributed by atoms with Crippen molar-refractivity contribution in [2.24, 2.45) is 0 Å². The van der Waals surface area contributed by atoms with E-state index in [0.717, 1.165) is 27.6 Å². The molecular weight excluding hydrogens is 584 g/mol. The lowest BCUT2D eigenvalue weighted by Gasteiger charge is -2.44. The first kappa shape index (κ1) is 31.3. The van der Waals surface area contributed by atoms with Crippen molar-refractivity contribution in [1.29, 1.82) is 0 Å². The molecule has 0 aromatic heterocycles. The molecule has 40 heavy (non-hydrogen) atoms. The van der Waals surface area contributed by atoms with E-state index in [4.69, 9.17) is 23.7 Å².